The average Bonchev–Trinajstić information content (AvgIpc) is 2.65. The minimum absolute atomic E-state index is 0.156. The number of hydrogen-bond acceptors (Lipinski definition) is 2. The Balaban J connectivity index is 2.42. The van der Waals surface area contributed by atoms with Crippen molar-refractivity contribution in [2.45, 2.75) is 25.7 Å². The molecule has 1 N–H and O–H groups in total. The van der Waals surface area contributed by atoms with Gasteiger partial charge in [0.25, 0.3) is 0 Å². The molecular weight excluding hydrogens is 188 g/mol. The first-order chi connectivity index (χ1) is 7.16. The summed E-state index contributed by atoms with van der Waals surface area (Å²) in [5.41, 5.74) is 3.58. The van der Waals surface area contributed by atoms with Crippen molar-refractivity contribution in [3.63, 3.8) is 0 Å². The second-order valence-electron chi connectivity index (χ2n) is 4.62. The zero-order valence-corrected chi connectivity index (χ0v) is 9.42. The standard InChI is InChI=1S/C13H18O2/c1-10-5-11(2)7-12(6-10)13(8-14)3-4-15-9-13/h5-7,14H,3-4,8-9H2,1-2H3/t13-/m0/s1. The van der Waals surface area contributed by atoms with Crippen LogP contribution in [0.5, 0.6) is 0 Å². The zero-order valence-electron chi connectivity index (χ0n) is 9.42. The number of aryl methyl sites for hydroxylation is 2. The molecule has 2 nitrogen and oxygen atoms in total. The number of aliphatic hydroxyl groups is 1. The smallest absolute Gasteiger partial charge is 0.0585 e. The lowest BCUT2D eigenvalue weighted by Crippen LogP contribution is -2.31. The van der Waals surface area contributed by atoms with Crippen LogP contribution in [0.4, 0.5) is 0 Å². The van der Waals surface area contributed by atoms with E-state index in [0.29, 0.717) is 6.61 Å². The van der Waals surface area contributed by atoms with Crippen LogP contribution in [0.1, 0.15) is 23.1 Å². The van der Waals surface area contributed by atoms with E-state index in [4.69, 9.17) is 4.74 Å². The molecule has 1 heterocycles. The highest BCUT2D eigenvalue weighted by atomic mass is 16.5. The van der Waals surface area contributed by atoms with Crippen LogP contribution >= 0.6 is 0 Å². The van der Waals surface area contributed by atoms with Gasteiger partial charge in [-0.1, -0.05) is 29.3 Å². The van der Waals surface area contributed by atoms with E-state index in [-0.39, 0.29) is 12.0 Å². The largest absolute Gasteiger partial charge is 0.395 e. The topological polar surface area (TPSA) is 29.5 Å². The maximum Gasteiger partial charge on any atom is 0.0585 e. The van der Waals surface area contributed by atoms with E-state index in [1.807, 2.05) is 0 Å². The Morgan fingerprint density at radius 1 is 1.27 bits per heavy atom. The molecule has 1 aliphatic rings. The molecule has 1 aromatic carbocycles. The van der Waals surface area contributed by atoms with Gasteiger partial charge in [0.15, 0.2) is 0 Å². The fraction of sp³-hybridized carbons (Fsp3) is 0.538. The molecule has 1 atom stereocenters. The fourth-order valence-electron chi connectivity index (χ4n) is 2.33. The second-order valence-corrected chi connectivity index (χ2v) is 4.62. The first-order valence-corrected chi connectivity index (χ1v) is 5.44. The minimum atomic E-state index is -0.156. The first kappa shape index (κ1) is 10.7. The third-order valence-corrected chi connectivity index (χ3v) is 3.24. The number of rotatable bonds is 2. The molecule has 15 heavy (non-hydrogen) atoms. The molecule has 82 valence electrons. The number of benzene rings is 1. The van der Waals surface area contributed by atoms with Gasteiger partial charge in [-0.2, -0.15) is 0 Å². The Kier molecular flexibility index (Phi) is 2.81. The number of aliphatic hydroxyl groups excluding tert-OH is 1. The SMILES string of the molecule is Cc1cc(C)cc([C@]2(CO)CCOC2)c1. The van der Waals surface area contributed by atoms with E-state index < -0.39 is 0 Å². The maximum atomic E-state index is 9.57. The van der Waals surface area contributed by atoms with Crippen LogP contribution < -0.4 is 0 Å². The van der Waals surface area contributed by atoms with Crippen LogP contribution in [-0.2, 0) is 10.2 Å². The van der Waals surface area contributed by atoms with E-state index >= 15 is 0 Å². The highest BCUT2D eigenvalue weighted by Gasteiger charge is 2.36. The van der Waals surface area contributed by atoms with Gasteiger partial charge in [0.2, 0.25) is 0 Å². The normalized spacial score (nSPS) is 25.8. The van der Waals surface area contributed by atoms with Gasteiger partial charge in [0.05, 0.1) is 13.2 Å². The zero-order chi connectivity index (χ0) is 10.9. The van der Waals surface area contributed by atoms with Gasteiger partial charge >= 0.3 is 0 Å². The third-order valence-electron chi connectivity index (χ3n) is 3.24. The van der Waals surface area contributed by atoms with Gasteiger partial charge in [0.1, 0.15) is 0 Å². The summed E-state index contributed by atoms with van der Waals surface area (Å²) >= 11 is 0. The molecule has 0 amide bonds. The molecule has 0 aliphatic carbocycles. The van der Waals surface area contributed by atoms with Crippen LogP contribution in [0, 0.1) is 13.8 Å². The maximum absolute atomic E-state index is 9.57. The highest BCUT2D eigenvalue weighted by molar-refractivity contribution is 5.35. The highest BCUT2D eigenvalue weighted by Crippen LogP contribution is 2.33. The molecule has 0 aromatic heterocycles. The van der Waals surface area contributed by atoms with Crippen LogP contribution in [0.25, 0.3) is 0 Å². The summed E-state index contributed by atoms with van der Waals surface area (Å²) in [6, 6.07) is 6.49. The Morgan fingerprint density at radius 2 is 1.93 bits per heavy atom. The molecule has 0 saturated carbocycles. The van der Waals surface area contributed by atoms with Crippen molar-refractivity contribution >= 4 is 0 Å². The molecule has 0 bridgehead atoms. The third kappa shape index (κ3) is 1.92. The summed E-state index contributed by atoms with van der Waals surface area (Å²) in [7, 11) is 0. The van der Waals surface area contributed by atoms with E-state index in [9.17, 15) is 5.11 Å². The Morgan fingerprint density at radius 3 is 2.40 bits per heavy atom. The predicted octanol–water partition coefficient (Wildman–Crippen LogP) is 1.95. The molecule has 0 spiro atoms. The van der Waals surface area contributed by atoms with Crippen molar-refractivity contribution in [2.24, 2.45) is 0 Å². The summed E-state index contributed by atoms with van der Waals surface area (Å²) in [5.74, 6) is 0. The molecular formula is C13H18O2. The molecule has 1 saturated heterocycles. The van der Waals surface area contributed by atoms with Gasteiger partial charge in [0, 0.05) is 12.0 Å². The Labute approximate surface area is 90.9 Å². The lowest BCUT2D eigenvalue weighted by atomic mass is 9.79. The van der Waals surface area contributed by atoms with Gasteiger partial charge in [-0.3, -0.25) is 0 Å². The van der Waals surface area contributed by atoms with Gasteiger partial charge < -0.3 is 9.84 Å². The predicted molar refractivity (Wildman–Crippen MR) is 60.1 cm³/mol. The lowest BCUT2D eigenvalue weighted by molar-refractivity contribution is 0.140. The van der Waals surface area contributed by atoms with Crippen LogP contribution in [0.3, 0.4) is 0 Å². The molecule has 0 unspecified atom stereocenters. The molecule has 2 heteroatoms. The van der Waals surface area contributed by atoms with Crippen molar-refractivity contribution in [1.29, 1.82) is 0 Å². The molecule has 1 fully saturated rings. The van der Waals surface area contributed by atoms with Crippen LogP contribution in [0.2, 0.25) is 0 Å². The average molecular weight is 206 g/mol. The fourth-order valence-corrected chi connectivity index (χ4v) is 2.33. The quantitative estimate of drug-likeness (QED) is 0.801. The van der Waals surface area contributed by atoms with E-state index in [0.717, 1.165) is 13.0 Å². The van der Waals surface area contributed by atoms with Gasteiger partial charge in [-0.25, -0.2) is 0 Å². The lowest BCUT2D eigenvalue weighted by Gasteiger charge is -2.26. The number of ether oxygens (including phenoxy) is 1. The van der Waals surface area contributed by atoms with Crippen molar-refractivity contribution < 1.29 is 9.84 Å². The van der Waals surface area contributed by atoms with E-state index in [1.165, 1.54) is 16.7 Å². The van der Waals surface area contributed by atoms with Crippen molar-refractivity contribution in [1.82, 2.24) is 0 Å². The van der Waals surface area contributed by atoms with Crippen LogP contribution in [0.15, 0.2) is 18.2 Å². The Hall–Kier alpha value is -0.860. The van der Waals surface area contributed by atoms with Gasteiger partial charge in [-0.05, 0) is 25.8 Å². The van der Waals surface area contributed by atoms with Crippen LogP contribution in [-0.4, -0.2) is 24.9 Å². The molecule has 2 rings (SSSR count). The monoisotopic (exact) mass is 206 g/mol. The van der Waals surface area contributed by atoms with E-state index in [2.05, 4.69) is 32.0 Å². The second kappa shape index (κ2) is 3.95. The van der Waals surface area contributed by atoms with E-state index in [1.54, 1.807) is 0 Å². The summed E-state index contributed by atoms with van der Waals surface area (Å²) in [5, 5.41) is 9.57. The molecule has 1 aromatic rings. The van der Waals surface area contributed by atoms with Crippen molar-refractivity contribution in [2.75, 3.05) is 19.8 Å². The van der Waals surface area contributed by atoms with Gasteiger partial charge in [-0.15, -0.1) is 0 Å². The first-order valence-electron chi connectivity index (χ1n) is 5.44. The summed E-state index contributed by atoms with van der Waals surface area (Å²) < 4.78 is 5.43. The molecule has 1 aliphatic heterocycles. The summed E-state index contributed by atoms with van der Waals surface area (Å²) in [6.45, 7) is 5.77. The Bertz CT molecular complexity index is 331. The summed E-state index contributed by atoms with van der Waals surface area (Å²) in [4.78, 5) is 0. The molecule has 0 radical (unpaired) electrons. The summed E-state index contributed by atoms with van der Waals surface area (Å²) in [6.07, 6.45) is 0.923. The van der Waals surface area contributed by atoms with Crippen molar-refractivity contribution in [3.8, 4) is 0 Å². The van der Waals surface area contributed by atoms with Crippen molar-refractivity contribution in [3.05, 3.63) is 34.9 Å². The minimum Gasteiger partial charge on any atom is -0.395 e. The number of hydrogen-bond donors (Lipinski definition) is 1.